The highest BCUT2D eigenvalue weighted by Gasteiger charge is 2.29. The van der Waals surface area contributed by atoms with Crippen molar-refractivity contribution in [3.63, 3.8) is 0 Å². The van der Waals surface area contributed by atoms with E-state index in [2.05, 4.69) is 16.5 Å². The van der Waals surface area contributed by atoms with Gasteiger partial charge >= 0.3 is 17.9 Å². The largest absolute Gasteiger partial charge is 0.481 e. The summed E-state index contributed by atoms with van der Waals surface area (Å²) in [7, 11) is 0. The van der Waals surface area contributed by atoms with E-state index in [1.807, 2.05) is 45.9 Å². The molecule has 44 heavy (non-hydrogen) atoms. The Labute approximate surface area is 253 Å². The minimum absolute atomic E-state index is 0.109. The van der Waals surface area contributed by atoms with Crippen LogP contribution in [0, 0.1) is 20.8 Å². The molecule has 0 amide bonds. The SMILES string of the molecule is C=Cc1c(C)c2cc3nc(c(CC(=O)O)c4nc(cc5[nH]c(cc1[nH]2)c(C)c5C)C(C)=C4CC(=O)O)C(CCC(=O)O)=C3C. The summed E-state index contributed by atoms with van der Waals surface area (Å²) >= 11 is 0. The summed E-state index contributed by atoms with van der Waals surface area (Å²) < 4.78 is 0. The van der Waals surface area contributed by atoms with E-state index < -0.39 is 24.3 Å². The molecule has 5 heterocycles. The van der Waals surface area contributed by atoms with E-state index >= 15 is 0 Å². The second-order valence-electron chi connectivity index (χ2n) is 11.2. The molecule has 226 valence electrons. The molecule has 0 spiro atoms. The Morgan fingerprint density at radius 2 is 1.20 bits per heavy atom. The van der Waals surface area contributed by atoms with Gasteiger partial charge in [-0.05, 0) is 98.2 Å². The Balaban J connectivity index is 2.04. The van der Waals surface area contributed by atoms with Gasteiger partial charge in [0.05, 0.1) is 35.6 Å². The zero-order chi connectivity index (χ0) is 32.0. The number of carboxylic acid groups (broad SMARTS) is 3. The van der Waals surface area contributed by atoms with E-state index in [0.29, 0.717) is 39.4 Å². The van der Waals surface area contributed by atoms with Gasteiger partial charge in [0.1, 0.15) is 0 Å². The topological polar surface area (TPSA) is 169 Å². The number of nitrogens with zero attached hydrogens (tertiary/aromatic N) is 2. The number of rotatable bonds is 8. The standard InChI is InChI=1S/C34H34N4O6/c1-7-20-17(4)26-13-27-18(5)21(8-9-30(39)40)33(37-27)23(11-32(43)44)34-22(10-31(41)42)19(6)28(38-34)12-24-15(2)16(3)25(35-24)14-29(20)36-26/h7,12-14,35-36H,1,8-11H2,2-6H3,(H,39,40)(H,41,42)(H,43,44). The molecule has 0 aromatic carbocycles. The molecule has 2 aliphatic rings. The van der Waals surface area contributed by atoms with Crippen molar-refractivity contribution in [2.75, 3.05) is 0 Å². The smallest absolute Gasteiger partial charge is 0.307 e. The Kier molecular flexibility index (Phi) is 7.86. The molecule has 0 atom stereocenters. The minimum Gasteiger partial charge on any atom is -0.481 e. The van der Waals surface area contributed by atoms with Gasteiger partial charge in [0.25, 0.3) is 0 Å². The molecule has 0 radical (unpaired) electrons. The number of aryl methyl sites for hydroxylation is 3. The van der Waals surface area contributed by atoms with Crippen molar-refractivity contribution >= 4 is 68.3 Å². The summed E-state index contributed by atoms with van der Waals surface area (Å²) in [5.74, 6) is -3.23. The fourth-order valence-electron chi connectivity index (χ4n) is 5.94. The number of allylic oxidation sites excluding steroid dienone is 3. The second-order valence-corrected chi connectivity index (χ2v) is 11.2. The van der Waals surface area contributed by atoms with Gasteiger partial charge in [-0.15, -0.1) is 0 Å². The molecule has 5 N–H and O–H groups in total. The van der Waals surface area contributed by atoms with Crippen LogP contribution in [0.25, 0.3) is 50.4 Å². The third-order valence-electron chi connectivity index (χ3n) is 8.59. The highest BCUT2D eigenvalue weighted by Crippen LogP contribution is 2.40. The molecule has 0 fully saturated rings. The molecule has 2 aliphatic heterocycles. The van der Waals surface area contributed by atoms with Gasteiger partial charge in [0.2, 0.25) is 0 Å². The zero-order valence-corrected chi connectivity index (χ0v) is 25.3. The maximum Gasteiger partial charge on any atom is 0.307 e. The number of aromatic amines is 2. The van der Waals surface area contributed by atoms with Crippen molar-refractivity contribution in [3.8, 4) is 0 Å². The first kappa shape index (κ1) is 30.2. The number of nitrogens with one attached hydrogen (secondary N) is 2. The van der Waals surface area contributed by atoms with Crippen LogP contribution in [0.3, 0.4) is 0 Å². The van der Waals surface area contributed by atoms with Crippen LogP contribution in [0.2, 0.25) is 0 Å². The van der Waals surface area contributed by atoms with Crippen molar-refractivity contribution in [1.82, 2.24) is 19.9 Å². The van der Waals surface area contributed by atoms with Crippen LogP contribution in [0.1, 0.15) is 83.7 Å². The second kappa shape index (κ2) is 11.4. The molecular weight excluding hydrogens is 560 g/mol. The molecule has 10 nitrogen and oxygen atoms in total. The number of carbonyl (C=O) groups is 3. The fraction of sp³-hybridized carbons (Fsp3) is 0.265. The van der Waals surface area contributed by atoms with Crippen molar-refractivity contribution < 1.29 is 29.7 Å². The number of H-pyrrole nitrogens is 2. The Bertz CT molecular complexity index is 2020. The lowest BCUT2D eigenvalue weighted by atomic mass is 9.93. The van der Waals surface area contributed by atoms with Crippen LogP contribution in [-0.4, -0.2) is 53.2 Å². The van der Waals surface area contributed by atoms with Gasteiger partial charge in [-0.2, -0.15) is 0 Å². The van der Waals surface area contributed by atoms with E-state index in [1.165, 1.54) is 0 Å². The predicted molar refractivity (Wildman–Crippen MR) is 171 cm³/mol. The summed E-state index contributed by atoms with van der Waals surface area (Å²) in [6.45, 7) is 13.6. The van der Waals surface area contributed by atoms with Crippen LogP contribution >= 0.6 is 0 Å². The van der Waals surface area contributed by atoms with E-state index in [0.717, 1.165) is 44.3 Å². The van der Waals surface area contributed by atoms with E-state index in [1.54, 1.807) is 13.0 Å². The molecule has 3 aromatic heterocycles. The number of hydrogen-bond donors (Lipinski definition) is 5. The first-order valence-corrected chi connectivity index (χ1v) is 14.2. The van der Waals surface area contributed by atoms with Crippen molar-refractivity contribution in [3.05, 3.63) is 75.4 Å². The molecule has 8 bridgehead atoms. The lowest BCUT2D eigenvalue weighted by Gasteiger charge is -2.10. The van der Waals surface area contributed by atoms with Gasteiger partial charge in [-0.1, -0.05) is 12.7 Å². The molecule has 0 saturated heterocycles. The van der Waals surface area contributed by atoms with Crippen molar-refractivity contribution in [2.24, 2.45) is 0 Å². The summed E-state index contributed by atoms with van der Waals surface area (Å²) in [6.07, 6.45) is 0.854. The van der Waals surface area contributed by atoms with E-state index in [4.69, 9.17) is 9.97 Å². The third kappa shape index (κ3) is 5.34. The predicted octanol–water partition coefficient (Wildman–Crippen LogP) is 6.71. The van der Waals surface area contributed by atoms with Crippen LogP contribution in [0.5, 0.6) is 0 Å². The number of aromatic nitrogens is 4. The molecule has 3 aromatic rings. The number of hydrogen-bond acceptors (Lipinski definition) is 5. The van der Waals surface area contributed by atoms with Crippen molar-refractivity contribution in [1.29, 1.82) is 0 Å². The summed E-state index contributed by atoms with van der Waals surface area (Å²) in [5, 5.41) is 29.4. The number of aliphatic carboxylic acids is 3. The van der Waals surface area contributed by atoms with Crippen LogP contribution in [-0.2, 0) is 20.8 Å². The highest BCUT2D eigenvalue weighted by molar-refractivity contribution is 6.01. The minimum atomic E-state index is -1.14. The molecule has 0 unspecified atom stereocenters. The van der Waals surface area contributed by atoms with E-state index in [9.17, 15) is 29.7 Å². The van der Waals surface area contributed by atoms with Gasteiger partial charge < -0.3 is 25.3 Å². The monoisotopic (exact) mass is 594 g/mol. The van der Waals surface area contributed by atoms with Gasteiger partial charge in [0, 0.05) is 39.6 Å². The highest BCUT2D eigenvalue weighted by atomic mass is 16.4. The Hall–Kier alpha value is -5.25. The first-order valence-electron chi connectivity index (χ1n) is 14.2. The van der Waals surface area contributed by atoms with Crippen LogP contribution in [0.4, 0.5) is 0 Å². The average Bonchev–Trinajstić information content (AvgIpc) is 3.61. The van der Waals surface area contributed by atoms with Crippen LogP contribution in [0.15, 0.2) is 24.8 Å². The molecule has 0 aliphatic carbocycles. The molecule has 5 rings (SSSR count). The normalized spacial score (nSPS) is 13.0. The summed E-state index contributed by atoms with van der Waals surface area (Å²) in [6, 6.07) is 5.74. The Morgan fingerprint density at radius 3 is 1.75 bits per heavy atom. The Morgan fingerprint density at radius 1 is 0.705 bits per heavy atom. The third-order valence-corrected chi connectivity index (χ3v) is 8.59. The quantitative estimate of drug-likeness (QED) is 0.192. The van der Waals surface area contributed by atoms with Gasteiger partial charge in [-0.3, -0.25) is 14.4 Å². The zero-order valence-electron chi connectivity index (χ0n) is 25.3. The lowest BCUT2D eigenvalue weighted by molar-refractivity contribution is -0.137. The molecule has 0 saturated carbocycles. The molecule has 10 heteroatoms. The number of fused-ring (bicyclic) bond motifs is 8. The maximum absolute atomic E-state index is 12.3. The van der Waals surface area contributed by atoms with Crippen LogP contribution < -0.4 is 0 Å². The maximum atomic E-state index is 12.3. The number of carboxylic acids is 3. The van der Waals surface area contributed by atoms with Gasteiger partial charge in [-0.25, -0.2) is 9.97 Å². The van der Waals surface area contributed by atoms with E-state index in [-0.39, 0.29) is 30.5 Å². The fourth-order valence-corrected chi connectivity index (χ4v) is 5.94. The van der Waals surface area contributed by atoms with Crippen molar-refractivity contribution in [2.45, 2.75) is 60.3 Å². The summed E-state index contributed by atoms with van der Waals surface area (Å²) in [5.41, 5.74) is 11.3. The lowest BCUT2D eigenvalue weighted by Crippen LogP contribution is -2.08. The van der Waals surface area contributed by atoms with Gasteiger partial charge in [0.15, 0.2) is 0 Å². The molecular formula is C34H34N4O6. The average molecular weight is 595 g/mol. The first-order chi connectivity index (χ1) is 20.8. The summed E-state index contributed by atoms with van der Waals surface area (Å²) in [4.78, 5) is 52.6.